The van der Waals surface area contributed by atoms with Crippen molar-refractivity contribution in [3.63, 3.8) is 0 Å². The fraction of sp³-hybridized carbons (Fsp3) is 0. The molecule has 3 nitrogen and oxygen atoms in total. The zero-order valence-corrected chi connectivity index (χ0v) is 11.9. The van der Waals surface area contributed by atoms with Crippen LogP contribution in [0.2, 0.25) is 0 Å². The van der Waals surface area contributed by atoms with Crippen LogP contribution in [0.3, 0.4) is 0 Å². The van der Waals surface area contributed by atoms with E-state index in [1.807, 2.05) is 24.3 Å². The van der Waals surface area contributed by atoms with Crippen molar-refractivity contribution < 1.29 is 8.91 Å². The van der Waals surface area contributed by atoms with Crippen LogP contribution in [0, 0.1) is 5.82 Å². The molecule has 0 amide bonds. The van der Waals surface area contributed by atoms with Crippen LogP contribution in [-0.2, 0) is 0 Å². The van der Waals surface area contributed by atoms with E-state index in [2.05, 4.69) is 21.1 Å². The van der Waals surface area contributed by atoms with Gasteiger partial charge in [0.25, 0.3) is 0 Å². The van der Waals surface area contributed by atoms with Crippen molar-refractivity contribution in [1.82, 2.24) is 5.16 Å². The molecule has 20 heavy (non-hydrogen) atoms. The largest absolute Gasteiger partial charge is 0.367 e. The summed E-state index contributed by atoms with van der Waals surface area (Å²) in [4.78, 5) is 0. The van der Waals surface area contributed by atoms with E-state index in [1.54, 1.807) is 18.2 Å². The van der Waals surface area contributed by atoms with Crippen molar-refractivity contribution in [2.45, 2.75) is 0 Å². The maximum Gasteiger partial charge on any atom is 0.230 e. The van der Waals surface area contributed by atoms with Gasteiger partial charge in [-0.15, -0.1) is 0 Å². The molecule has 2 N–H and O–H groups in total. The number of hydrogen-bond acceptors (Lipinski definition) is 3. The molecule has 0 saturated carbocycles. The fourth-order valence-electron chi connectivity index (χ4n) is 2.04. The van der Waals surface area contributed by atoms with Gasteiger partial charge in [-0.1, -0.05) is 45.4 Å². The minimum atomic E-state index is -0.362. The van der Waals surface area contributed by atoms with Crippen molar-refractivity contribution in [3.8, 4) is 22.4 Å². The molecule has 1 aromatic heterocycles. The maximum absolute atomic E-state index is 13.9. The van der Waals surface area contributed by atoms with Crippen LogP contribution in [0.25, 0.3) is 22.4 Å². The van der Waals surface area contributed by atoms with E-state index in [1.165, 1.54) is 6.07 Å². The maximum atomic E-state index is 13.9. The quantitative estimate of drug-likeness (QED) is 0.752. The average molecular weight is 333 g/mol. The Hall–Kier alpha value is -2.14. The molecule has 0 aliphatic heterocycles. The molecule has 100 valence electrons. The molecule has 1 heterocycles. The Labute approximate surface area is 123 Å². The number of anilines is 1. The number of halogens is 2. The molecule has 5 heteroatoms. The molecule has 0 aliphatic rings. The van der Waals surface area contributed by atoms with Crippen LogP contribution in [0.5, 0.6) is 0 Å². The molecular formula is C15H10BrFN2O. The second-order valence-electron chi connectivity index (χ2n) is 4.26. The highest BCUT2D eigenvalue weighted by atomic mass is 79.9. The standard InChI is InChI=1S/C15H10BrFN2O/c16-10-7-5-9(6-8-10)13-14(19-20-15(13)18)11-3-1-2-4-12(11)17/h1-8H,18H2. The minimum absolute atomic E-state index is 0.172. The first-order valence-corrected chi connectivity index (χ1v) is 6.72. The first-order chi connectivity index (χ1) is 9.66. The first kappa shape index (κ1) is 12.9. The van der Waals surface area contributed by atoms with Gasteiger partial charge in [0.15, 0.2) is 0 Å². The molecule has 0 fully saturated rings. The predicted octanol–water partition coefficient (Wildman–Crippen LogP) is 4.49. The zero-order valence-electron chi connectivity index (χ0n) is 10.3. The van der Waals surface area contributed by atoms with Crippen molar-refractivity contribution in [1.29, 1.82) is 0 Å². The van der Waals surface area contributed by atoms with E-state index in [9.17, 15) is 4.39 Å². The van der Waals surface area contributed by atoms with Gasteiger partial charge in [-0.2, -0.15) is 0 Å². The highest BCUT2D eigenvalue weighted by molar-refractivity contribution is 9.10. The predicted molar refractivity (Wildman–Crippen MR) is 79.4 cm³/mol. The van der Waals surface area contributed by atoms with Gasteiger partial charge in [-0.3, -0.25) is 0 Å². The molecule has 0 aliphatic carbocycles. The van der Waals surface area contributed by atoms with Crippen LogP contribution in [0.4, 0.5) is 10.3 Å². The van der Waals surface area contributed by atoms with Gasteiger partial charge >= 0.3 is 0 Å². The summed E-state index contributed by atoms with van der Waals surface area (Å²) in [6, 6.07) is 13.9. The van der Waals surface area contributed by atoms with Crippen molar-refractivity contribution >= 4 is 21.8 Å². The van der Waals surface area contributed by atoms with Crippen LogP contribution < -0.4 is 5.73 Å². The van der Waals surface area contributed by atoms with E-state index in [0.29, 0.717) is 16.8 Å². The van der Waals surface area contributed by atoms with Crippen molar-refractivity contribution in [2.24, 2.45) is 0 Å². The summed E-state index contributed by atoms with van der Waals surface area (Å²) in [5, 5.41) is 3.89. The Bertz CT molecular complexity index is 753. The Balaban J connectivity index is 2.20. The lowest BCUT2D eigenvalue weighted by Crippen LogP contribution is -1.89. The van der Waals surface area contributed by atoms with E-state index in [-0.39, 0.29) is 11.7 Å². The minimum Gasteiger partial charge on any atom is -0.367 e. The number of aromatic nitrogens is 1. The summed E-state index contributed by atoms with van der Waals surface area (Å²) < 4.78 is 19.9. The van der Waals surface area contributed by atoms with Crippen LogP contribution >= 0.6 is 15.9 Å². The summed E-state index contributed by atoms with van der Waals surface area (Å²) in [5.41, 5.74) is 8.03. The van der Waals surface area contributed by atoms with Gasteiger partial charge in [-0.25, -0.2) is 4.39 Å². The lowest BCUT2D eigenvalue weighted by atomic mass is 10.0. The molecule has 0 atom stereocenters. The number of rotatable bonds is 2. The Morgan fingerprint density at radius 1 is 1.05 bits per heavy atom. The molecule has 0 saturated heterocycles. The summed E-state index contributed by atoms with van der Waals surface area (Å²) in [5.74, 6) is -0.190. The lowest BCUT2D eigenvalue weighted by molar-refractivity contribution is 0.439. The van der Waals surface area contributed by atoms with Gasteiger partial charge in [0, 0.05) is 10.0 Å². The second kappa shape index (κ2) is 5.09. The second-order valence-corrected chi connectivity index (χ2v) is 5.17. The van der Waals surface area contributed by atoms with Gasteiger partial charge < -0.3 is 10.3 Å². The average Bonchev–Trinajstić information content (AvgIpc) is 2.82. The van der Waals surface area contributed by atoms with E-state index >= 15 is 0 Å². The molecule has 0 radical (unpaired) electrons. The summed E-state index contributed by atoms with van der Waals surface area (Å²) in [6.45, 7) is 0. The summed E-state index contributed by atoms with van der Waals surface area (Å²) in [6.07, 6.45) is 0. The summed E-state index contributed by atoms with van der Waals surface area (Å²) in [7, 11) is 0. The topological polar surface area (TPSA) is 52.0 Å². The number of hydrogen-bond donors (Lipinski definition) is 1. The first-order valence-electron chi connectivity index (χ1n) is 5.93. The third-order valence-corrected chi connectivity index (χ3v) is 3.51. The van der Waals surface area contributed by atoms with Crippen LogP contribution in [-0.4, -0.2) is 5.16 Å². The van der Waals surface area contributed by atoms with Gasteiger partial charge in [-0.05, 0) is 29.8 Å². The van der Waals surface area contributed by atoms with E-state index < -0.39 is 0 Å². The monoisotopic (exact) mass is 332 g/mol. The molecule has 3 rings (SSSR count). The third-order valence-electron chi connectivity index (χ3n) is 2.98. The molecule has 0 bridgehead atoms. The van der Waals surface area contributed by atoms with Crippen molar-refractivity contribution in [3.05, 3.63) is 58.8 Å². The number of benzene rings is 2. The highest BCUT2D eigenvalue weighted by Gasteiger charge is 2.19. The van der Waals surface area contributed by atoms with Crippen molar-refractivity contribution in [2.75, 3.05) is 5.73 Å². The lowest BCUT2D eigenvalue weighted by Gasteiger charge is -2.04. The SMILES string of the molecule is Nc1onc(-c2ccccc2F)c1-c1ccc(Br)cc1. The van der Waals surface area contributed by atoms with Gasteiger partial charge in [0.1, 0.15) is 11.5 Å². The molecule has 0 unspecified atom stereocenters. The molecule has 0 spiro atoms. The zero-order chi connectivity index (χ0) is 14.1. The van der Waals surface area contributed by atoms with Crippen LogP contribution in [0.1, 0.15) is 0 Å². The number of nitrogen functional groups attached to an aromatic ring is 1. The Morgan fingerprint density at radius 3 is 2.45 bits per heavy atom. The highest BCUT2D eigenvalue weighted by Crippen LogP contribution is 2.37. The van der Waals surface area contributed by atoms with E-state index in [0.717, 1.165) is 10.0 Å². The normalized spacial score (nSPS) is 10.7. The smallest absolute Gasteiger partial charge is 0.230 e. The molecule has 3 aromatic rings. The third kappa shape index (κ3) is 2.20. The number of nitrogens with zero attached hydrogens (tertiary/aromatic N) is 1. The fourth-order valence-corrected chi connectivity index (χ4v) is 2.30. The Kier molecular flexibility index (Phi) is 3.28. The molecular weight excluding hydrogens is 323 g/mol. The summed E-state index contributed by atoms with van der Waals surface area (Å²) >= 11 is 3.37. The molecule has 2 aromatic carbocycles. The van der Waals surface area contributed by atoms with Crippen LogP contribution in [0.15, 0.2) is 57.5 Å². The van der Waals surface area contributed by atoms with Gasteiger partial charge in [0.2, 0.25) is 5.88 Å². The Morgan fingerprint density at radius 2 is 1.75 bits per heavy atom. The van der Waals surface area contributed by atoms with Gasteiger partial charge in [0.05, 0.1) is 5.56 Å². The number of nitrogens with two attached hydrogens (primary N) is 1. The van der Waals surface area contributed by atoms with E-state index in [4.69, 9.17) is 10.3 Å².